The first-order valence-corrected chi connectivity index (χ1v) is 15.2. The number of halogens is 1. The molecule has 0 aromatic heterocycles. The van der Waals surface area contributed by atoms with Crippen molar-refractivity contribution in [3.63, 3.8) is 0 Å². The Labute approximate surface area is 252 Å². The van der Waals surface area contributed by atoms with Gasteiger partial charge in [-0.25, -0.2) is 4.79 Å². The van der Waals surface area contributed by atoms with Crippen LogP contribution in [0.5, 0.6) is 0 Å². The maximum Gasteiger partial charge on any atom is 0.356 e. The zero-order valence-electron chi connectivity index (χ0n) is 22.3. The number of β-lactam (4-membered cyclic amide) rings is 1. The van der Waals surface area contributed by atoms with Gasteiger partial charge in [0.05, 0.1) is 0 Å². The summed E-state index contributed by atoms with van der Waals surface area (Å²) in [5, 5.41) is -0.346. The molecule has 0 bridgehead atoms. The number of benzene rings is 4. The quantitative estimate of drug-likeness (QED) is 0.149. The third-order valence-electron chi connectivity index (χ3n) is 8.02. The third kappa shape index (κ3) is 4.28. The fourth-order valence-corrected chi connectivity index (χ4v) is 7.36. The number of rotatable bonds is 6. The first-order chi connectivity index (χ1) is 20.5. The van der Waals surface area contributed by atoms with Crippen LogP contribution >= 0.6 is 23.4 Å². The van der Waals surface area contributed by atoms with Gasteiger partial charge in [-0.1, -0.05) is 78.9 Å². The summed E-state index contributed by atoms with van der Waals surface area (Å²) in [6, 6.07) is 29.6. The minimum atomic E-state index is -0.681. The molecule has 4 aromatic carbocycles. The van der Waals surface area contributed by atoms with E-state index < -0.39 is 18.1 Å². The number of alkyl halides is 1. The maximum atomic E-state index is 14.1. The van der Waals surface area contributed by atoms with Crippen molar-refractivity contribution in [2.75, 3.05) is 5.75 Å². The van der Waals surface area contributed by atoms with Crippen molar-refractivity contribution in [3.8, 4) is 11.1 Å². The van der Waals surface area contributed by atoms with E-state index in [1.54, 1.807) is 6.07 Å². The van der Waals surface area contributed by atoms with Crippen LogP contribution in [0.2, 0.25) is 0 Å². The molecule has 1 amide bonds. The van der Waals surface area contributed by atoms with E-state index >= 15 is 0 Å². The van der Waals surface area contributed by atoms with Crippen LogP contribution in [0.4, 0.5) is 0 Å². The summed E-state index contributed by atoms with van der Waals surface area (Å²) in [5.41, 5.74) is 13.1. The van der Waals surface area contributed by atoms with Crippen molar-refractivity contribution in [2.45, 2.75) is 23.4 Å². The van der Waals surface area contributed by atoms with Gasteiger partial charge in [-0.3, -0.25) is 14.5 Å². The first kappa shape index (κ1) is 26.7. The molecule has 8 heteroatoms. The number of thioether (sulfide) groups is 1. The fourth-order valence-electron chi connectivity index (χ4n) is 5.87. The Morgan fingerprint density at radius 3 is 2.21 bits per heavy atom. The lowest BCUT2D eigenvalue weighted by Gasteiger charge is -2.48. The smallest absolute Gasteiger partial charge is 0.356 e. The molecule has 2 atom stereocenters. The Bertz CT molecular complexity index is 1750. The van der Waals surface area contributed by atoms with Crippen LogP contribution < -0.4 is 5.73 Å². The molecule has 4 aromatic rings. The van der Waals surface area contributed by atoms with Gasteiger partial charge in [-0.05, 0) is 51.6 Å². The number of nitrogens with zero attached hydrogens (tertiary/aromatic N) is 1. The summed E-state index contributed by atoms with van der Waals surface area (Å²) in [5.74, 6) is -0.195. The van der Waals surface area contributed by atoms with E-state index in [0.717, 1.165) is 33.4 Å². The highest BCUT2D eigenvalue weighted by atomic mass is 35.5. The van der Waals surface area contributed by atoms with Crippen molar-refractivity contribution >= 4 is 46.6 Å². The molecule has 0 saturated carbocycles. The van der Waals surface area contributed by atoms with Crippen LogP contribution in [-0.4, -0.2) is 39.7 Å². The van der Waals surface area contributed by atoms with E-state index in [2.05, 4.69) is 0 Å². The Balaban J connectivity index is 1.33. The van der Waals surface area contributed by atoms with Crippen LogP contribution in [0.15, 0.2) is 103 Å². The average Bonchev–Trinajstić information content (AvgIpc) is 3.33. The minimum absolute atomic E-state index is 0.0531. The fraction of sp³-hybridized carbons (Fsp3) is 0.147. The monoisotopic (exact) mass is 592 g/mol. The highest BCUT2D eigenvalue weighted by Gasteiger charge is 2.52. The molecule has 6 nitrogen and oxygen atoms in total. The minimum Gasteiger partial charge on any atom is -0.448 e. The van der Waals surface area contributed by atoms with E-state index in [-0.39, 0.29) is 22.8 Å². The number of carbonyl (C=O) groups is 3. The van der Waals surface area contributed by atoms with Crippen molar-refractivity contribution in [2.24, 2.45) is 5.73 Å². The summed E-state index contributed by atoms with van der Waals surface area (Å²) >= 11 is 7.54. The van der Waals surface area contributed by atoms with Gasteiger partial charge in [0.15, 0.2) is 11.9 Å². The molecular weight excluding hydrogens is 568 g/mol. The molecule has 1 aliphatic carbocycles. The van der Waals surface area contributed by atoms with Gasteiger partial charge in [-0.2, -0.15) is 0 Å². The second kappa shape index (κ2) is 10.6. The lowest BCUT2D eigenvalue weighted by Crippen LogP contribution is -2.68. The Morgan fingerprint density at radius 1 is 0.881 bits per heavy atom. The number of ether oxygens (including phenoxy) is 1. The second-order valence-electron chi connectivity index (χ2n) is 10.5. The number of hydrogen-bond acceptors (Lipinski definition) is 6. The summed E-state index contributed by atoms with van der Waals surface area (Å²) < 4.78 is 6.23. The first-order valence-electron chi connectivity index (χ1n) is 13.6. The molecule has 7 rings (SSSR count). The number of ketones is 1. The molecule has 1 fully saturated rings. The van der Waals surface area contributed by atoms with Crippen LogP contribution in [0.3, 0.4) is 0 Å². The molecule has 1 saturated heterocycles. The van der Waals surface area contributed by atoms with Crippen molar-refractivity contribution in [1.82, 2.24) is 4.90 Å². The standard InChI is InChI=1S/C34H25ClN2O4S/c35-17-19-11-13-23-25-16-22(12-14-24(25)30(38)26(23)15-19)27-18-42-33-28(36)32(39)37(33)29(27)34(40)41-31(20-7-3-1-4-8-20)21-9-5-2-6-10-21/h1-16,28,31,33H,17-18,36H2/t28-,33+/m1/s1. The lowest BCUT2D eigenvalue weighted by atomic mass is 9.95. The summed E-state index contributed by atoms with van der Waals surface area (Å²) in [6.45, 7) is 0. The van der Waals surface area contributed by atoms with Crippen molar-refractivity contribution in [1.29, 1.82) is 0 Å². The van der Waals surface area contributed by atoms with E-state index in [1.165, 1.54) is 16.7 Å². The zero-order valence-corrected chi connectivity index (χ0v) is 23.9. The summed E-state index contributed by atoms with van der Waals surface area (Å²) in [7, 11) is 0. The molecule has 0 spiro atoms. The molecule has 0 radical (unpaired) electrons. The zero-order chi connectivity index (χ0) is 29.0. The van der Waals surface area contributed by atoms with E-state index in [9.17, 15) is 14.4 Å². The number of fused-ring (bicyclic) bond motifs is 4. The van der Waals surface area contributed by atoms with Gasteiger partial charge in [0.1, 0.15) is 17.1 Å². The van der Waals surface area contributed by atoms with Crippen molar-refractivity contribution < 1.29 is 19.1 Å². The number of nitrogens with two attached hydrogens (primary N) is 1. The second-order valence-corrected chi connectivity index (χ2v) is 11.8. The van der Waals surface area contributed by atoms with Gasteiger partial charge in [-0.15, -0.1) is 23.4 Å². The molecule has 3 aliphatic rings. The number of amides is 1. The summed E-state index contributed by atoms with van der Waals surface area (Å²) in [4.78, 5) is 41.9. The van der Waals surface area contributed by atoms with Gasteiger partial charge in [0.25, 0.3) is 0 Å². The normalized spacial score (nSPS) is 18.9. The van der Waals surface area contributed by atoms with E-state index in [0.29, 0.717) is 28.3 Å². The highest BCUT2D eigenvalue weighted by Crippen LogP contribution is 2.45. The van der Waals surface area contributed by atoms with E-state index in [4.69, 9.17) is 22.1 Å². The molecule has 2 N–H and O–H groups in total. The topological polar surface area (TPSA) is 89.7 Å². The van der Waals surface area contributed by atoms with Crippen LogP contribution in [0.1, 0.15) is 44.3 Å². The summed E-state index contributed by atoms with van der Waals surface area (Å²) in [6.07, 6.45) is -0.674. The van der Waals surface area contributed by atoms with Crippen LogP contribution in [0, 0.1) is 0 Å². The third-order valence-corrected chi connectivity index (χ3v) is 9.63. The molecule has 2 heterocycles. The Hall–Kier alpha value is -4.17. The van der Waals surface area contributed by atoms with Gasteiger partial charge >= 0.3 is 5.97 Å². The van der Waals surface area contributed by atoms with Gasteiger partial charge in [0.2, 0.25) is 5.91 Å². The molecule has 2 aliphatic heterocycles. The Morgan fingerprint density at radius 2 is 1.55 bits per heavy atom. The van der Waals surface area contributed by atoms with Crippen LogP contribution in [-0.2, 0) is 20.2 Å². The maximum absolute atomic E-state index is 14.1. The largest absolute Gasteiger partial charge is 0.448 e. The Kier molecular flexibility index (Phi) is 6.73. The number of hydrogen-bond donors (Lipinski definition) is 1. The number of carbonyl (C=O) groups excluding carboxylic acids is 3. The van der Waals surface area contributed by atoms with Gasteiger partial charge in [0, 0.05) is 28.3 Å². The molecule has 42 heavy (non-hydrogen) atoms. The number of esters is 1. The van der Waals surface area contributed by atoms with E-state index in [1.807, 2.05) is 91.0 Å². The highest BCUT2D eigenvalue weighted by molar-refractivity contribution is 8.00. The predicted molar refractivity (Wildman–Crippen MR) is 164 cm³/mol. The van der Waals surface area contributed by atoms with Gasteiger partial charge < -0.3 is 10.5 Å². The van der Waals surface area contributed by atoms with Crippen LogP contribution in [0.25, 0.3) is 16.7 Å². The molecule has 208 valence electrons. The average molecular weight is 593 g/mol. The lowest BCUT2D eigenvalue weighted by molar-refractivity contribution is -0.152. The van der Waals surface area contributed by atoms with Crippen molar-refractivity contribution in [3.05, 3.63) is 136 Å². The molecule has 0 unspecified atom stereocenters. The molecular formula is C34H25ClN2O4S. The SMILES string of the molecule is N[C@@H]1C(=O)N2C(C(=O)OC(c3ccccc3)c3ccccc3)=C(c3ccc4c(c3)-c3ccc(CCl)cc3C4=O)CS[C@@H]12. The predicted octanol–water partition coefficient (Wildman–Crippen LogP) is 5.92.